The normalized spacial score (nSPS) is 16.2. The molecule has 0 aliphatic heterocycles. The van der Waals surface area contributed by atoms with Crippen LogP contribution in [0.5, 0.6) is 0 Å². The van der Waals surface area contributed by atoms with Gasteiger partial charge in [-0.3, -0.25) is 4.99 Å². The van der Waals surface area contributed by atoms with Gasteiger partial charge in [-0.2, -0.15) is 0 Å². The van der Waals surface area contributed by atoms with Gasteiger partial charge in [0, 0.05) is 24.4 Å². The Hall–Kier alpha value is 0.215. The van der Waals surface area contributed by atoms with Crippen molar-refractivity contribution in [3.63, 3.8) is 0 Å². The molecule has 0 atom stereocenters. The van der Waals surface area contributed by atoms with Crippen LogP contribution in [0.4, 0.5) is 0 Å². The van der Waals surface area contributed by atoms with Crippen molar-refractivity contribution in [1.82, 2.24) is 0 Å². The second-order valence-corrected chi connectivity index (χ2v) is 4.44. The second-order valence-electron chi connectivity index (χ2n) is 4.01. The molecule has 1 aliphatic carbocycles. The summed E-state index contributed by atoms with van der Waals surface area (Å²) in [5, 5.41) is 12.1. The monoisotopic (exact) mass is 223 g/mol. The summed E-state index contributed by atoms with van der Waals surface area (Å²) in [6.45, 7) is 5.63. The van der Waals surface area contributed by atoms with Gasteiger partial charge in [0.15, 0.2) is 0 Å². The first-order valence-corrected chi connectivity index (χ1v) is 4.71. The van der Waals surface area contributed by atoms with E-state index in [2.05, 4.69) is 10.7 Å². The molecule has 0 bridgehead atoms. The van der Waals surface area contributed by atoms with Crippen LogP contribution in [0.1, 0.15) is 20.8 Å². The molecule has 76 valence electrons. The Morgan fingerprint density at radius 2 is 1.94 bits per heavy atom. The van der Waals surface area contributed by atoms with E-state index >= 15 is 0 Å². The first-order valence-electron chi connectivity index (χ1n) is 4.33. The van der Waals surface area contributed by atoms with Gasteiger partial charge >= 0.3 is 18.9 Å². The predicted octanol–water partition coefficient (Wildman–Crippen LogP) is -1.41. The van der Waals surface area contributed by atoms with Crippen LogP contribution in [-0.4, -0.2) is 30.3 Å². The fourth-order valence-corrected chi connectivity index (χ4v) is 1.02. The maximum atomic E-state index is 11.5. The Bertz CT molecular complexity index is 349. The van der Waals surface area contributed by atoms with E-state index in [9.17, 15) is 5.11 Å². The smallest absolute Gasteiger partial charge is 0.858 e. The number of hydrogen-bond acceptors (Lipinski definition) is 2. The molecular weight excluding hydrogens is 211 g/mol. The third kappa shape index (κ3) is 6.72. The molecule has 0 unspecified atom stereocenters. The third-order valence-corrected chi connectivity index (χ3v) is 1.68. The summed E-state index contributed by atoms with van der Waals surface area (Å²) in [5.41, 5.74) is 2.88. The maximum Gasteiger partial charge on any atom is 1.00 e. The summed E-state index contributed by atoms with van der Waals surface area (Å²) >= 11 is 5.68. The van der Waals surface area contributed by atoms with E-state index in [1.54, 1.807) is 18.2 Å². The molecule has 0 saturated carbocycles. The molecule has 0 amide bonds. The van der Waals surface area contributed by atoms with Gasteiger partial charge in [-0.05, 0) is 38.8 Å². The molecule has 0 aromatic carbocycles. The van der Waals surface area contributed by atoms with Gasteiger partial charge in [0.05, 0.1) is 5.54 Å². The van der Waals surface area contributed by atoms with Crippen molar-refractivity contribution < 1.29 is 24.0 Å². The van der Waals surface area contributed by atoms with Gasteiger partial charge in [-0.1, -0.05) is 6.08 Å². The number of allylic oxidation sites excluding steroid dienone is 1. The predicted molar refractivity (Wildman–Crippen MR) is 62.8 cm³/mol. The van der Waals surface area contributed by atoms with E-state index < -0.39 is 0 Å². The minimum absolute atomic E-state index is 0. The van der Waals surface area contributed by atoms with Crippen molar-refractivity contribution in [3.8, 4) is 0 Å². The minimum atomic E-state index is -0.357. The van der Waals surface area contributed by atoms with E-state index in [1.165, 1.54) is 0 Å². The fourth-order valence-electron chi connectivity index (χ4n) is 0.904. The summed E-state index contributed by atoms with van der Waals surface area (Å²) in [7, 11) is 0. The van der Waals surface area contributed by atoms with Crippen LogP contribution < -0.4 is 24.0 Å². The molecule has 16 heavy (non-hydrogen) atoms. The number of aliphatic imine (C=N–C) groups is 1. The molecule has 0 saturated heterocycles. The SMILES string of the molecule is CC(C)(C)N=C([O-])C1=C=C[C](Cl)C=C1.[Li+].[Li]. The molecule has 2 radical (unpaired) electrons. The summed E-state index contributed by atoms with van der Waals surface area (Å²) in [4.78, 5) is 4.00. The quantitative estimate of drug-likeness (QED) is 0.233. The van der Waals surface area contributed by atoms with Crippen molar-refractivity contribution in [2.75, 3.05) is 0 Å². The summed E-state index contributed by atoms with van der Waals surface area (Å²) in [6.07, 6.45) is 4.84. The fraction of sp³-hybridized carbons (Fsp3) is 0.364. The van der Waals surface area contributed by atoms with Crippen LogP contribution in [-0.2, 0) is 0 Å². The average Bonchev–Trinajstić information content (AvgIpc) is 2.02. The molecule has 0 heterocycles. The van der Waals surface area contributed by atoms with E-state index in [1.807, 2.05) is 20.8 Å². The average molecular weight is 224 g/mol. The van der Waals surface area contributed by atoms with Crippen LogP contribution in [0.3, 0.4) is 0 Å². The third-order valence-electron chi connectivity index (χ3n) is 1.44. The summed E-state index contributed by atoms with van der Waals surface area (Å²) in [6, 6.07) is 0. The molecule has 1 aliphatic rings. The Morgan fingerprint density at radius 3 is 2.31 bits per heavy atom. The standard InChI is InChI=1S/C11H13ClNO.2Li/c1-11(2,3)13-10(14)8-4-6-9(12)7-5-8;;/h4,6-7H,1-3H3,(H,13,14);;/q;;+1/p-1. The van der Waals surface area contributed by atoms with Crippen molar-refractivity contribution in [2.24, 2.45) is 4.99 Å². The molecule has 0 aromatic heterocycles. The Morgan fingerprint density at radius 1 is 1.38 bits per heavy atom. The molecule has 0 N–H and O–H groups in total. The van der Waals surface area contributed by atoms with E-state index in [4.69, 9.17) is 11.6 Å². The number of rotatable bonds is 1. The van der Waals surface area contributed by atoms with E-state index in [0.717, 1.165) is 0 Å². The zero-order valence-electron chi connectivity index (χ0n) is 10.5. The van der Waals surface area contributed by atoms with Crippen molar-refractivity contribution >= 4 is 36.4 Å². The van der Waals surface area contributed by atoms with Gasteiger partial charge < -0.3 is 5.11 Å². The van der Waals surface area contributed by atoms with Crippen LogP contribution in [0, 0.1) is 5.38 Å². The molecule has 0 fully saturated rings. The molecule has 1 rings (SSSR count). The molecule has 0 aromatic rings. The molecule has 2 nitrogen and oxygen atoms in total. The van der Waals surface area contributed by atoms with Crippen molar-refractivity contribution in [2.45, 2.75) is 26.3 Å². The topological polar surface area (TPSA) is 35.4 Å². The van der Waals surface area contributed by atoms with Gasteiger partial charge in [-0.15, -0.1) is 17.3 Å². The maximum absolute atomic E-state index is 11.5. The number of nitrogens with zero attached hydrogens (tertiary/aromatic N) is 1. The van der Waals surface area contributed by atoms with Crippen molar-refractivity contribution in [1.29, 1.82) is 0 Å². The summed E-state index contributed by atoms with van der Waals surface area (Å²) in [5.74, 6) is -0.255. The summed E-state index contributed by atoms with van der Waals surface area (Å²) < 4.78 is 0. The molecule has 0 spiro atoms. The Kier molecular flexibility index (Phi) is 8.73. The first kappa shape index (κ1) is 18.6. The van der Waals surface area contributed by atoms with Gasteiger partial charge in [-0.25, -0.2) is 0 Å². The van der Waals surface area contributed by atoms with Crippen LogP contribution >= 0.6 is 11.6 Å². The Balaban J connectivity index is 0. The first-order chi connectivity index (χ1) is 6.38. The van der Waals surface area contributed by atoms with Gasteiger partial charge in [0.1, 0.15) is 5.38 Å². The van der Waals surface area contributed by atoms with E-state index in [0.29, 0.717) is 11.0 Å². The van der Waals surface area contributed by atoms with Crippen LogP contribution in [0.2, 0.25) is 0 Å². The van der Waals surface area contributed by atoms with Crippen LogP contribution in [0.25, 0.3) is 0 Å². The van der Waals surface area contributed by atoms with Crippen molar-refractivity contribution in [3.05, 3.63) is 34.9 Å². The van der Waals surface area contributed by atoms with Crippen LogP contribution in [0.15, 0.2) is 34.5 Å². The van der Waals surface area contributed by atoms with Gasteiger partial charge in [0.25, 0.3) is 0 Å². The number of halogens is 1. The Labute approximate surface area is 126 Å². The zero-order chi connectivity index (χ0) is 10.8. The molecule has 5 heteroatoms. The largest absolute Gasteiger partial charge is 1.00 e. The van der Waals surface area contributed by atoms with Gasteiger partial charge in [0.2, 0.25) is 0 Å². The second kappa shape index (κ2) is 7.52. The number of hydrogen-bond donors (Lipinski definition) is 0. The molecular formula is C11H12ClLi2NO. The minimum Gasteiger partial charge on any atom is -0.858 e. The zero-order valence-corrected chi connectivity index (χ0v) is 11.2. The van der Waals surface area contributed by atoms with E-state index in [-0.39, 0.29) is 49.2 Å².